The minimum atomic E-state index is -3.58. The van der Waals surface area contributed by atoms with Gasteiger partial charge in [-0.2, -0.15) is 0 Å². The van der Waals surface area contributed by atoms with Crippen molar-refractivity contribution in [1.29, 1.82) is 0 Å². The van der Waals surface area contributed by atoms with Crippen LogP contribution in [-0.4, -0.2) is 13.4 Å². The summed E-state index contributed by atoms with van der Waals surface area (Å²) in [5.41, 5.74) is 1.000. The summed E-state index contributed by atoms with van der Waals surface area (Å²) < 4.78 is 43.3. The van der Waals surface area contributed by atoms with E-state index in [1.165, 1.54) is 24.5 Å². The summed E-state index contributed by atoms with van der Waals surface area (Å²) in [6, 6.07) is 10.5. The Morgan fingerprint density at radius 2 is 1.72 bits per heavy atom. The predicted molar refractivity (Wildman–Crippen MR) is 94.7 cm³/mol. The van der Waals surface area contributed by atoms with Crippen LogP contribution in [0.1, 0.15) is 11.3 Å². The maximum Gasteiger partial charge on any atom is 0.226 e. The first-order valence-corrected chi connectivity index (χ1v) is 9.75. The van der Waals surface area contributed by atoms with Gasteiger partial charge >= 0.3 is 0 Å². The van der Waals surface area contributed by atoms with Crippen molar-refractivity contribution >= 4 is 33.0 Å². The highest BCUT2D eigenvalue weighted by Crippen LogP contribution is 2.27. The number of oxazole rings is 1. The molecule has 0 saturated heterocycles. The molecule has 4 nitrogen and oxygen atoms in total. The number of sulfone groups is 1. The first-order chi connectivity index (χ1) is 11.8. The van der Waals surface area contributed by atoms with Gasteiger partial charge in [0.25, 0.3) is 0 Å². The van der Waals surface area contributed by atoms with Crippen molar-refractivity contribution < 1.29 is 17.2 Å². The summed E-state index contributed by atoms with van der Waals surface area (Å²) in [6.45, 7) is 0. The molecular formula is C17H12Cl2FNO3S. The highest BCUT2D eigenvalue weighted by atomic mass is 35.5. The van der Waals surface area contributed by atoms with Crippen LogP contribution in [0.3, 0.4) is 0 Å². The second-order valence-corrected chi connectivity index (χ2v) is 8.27. The van der Waals surface area contributed by atoms with Crippen molar-refractivity contribution in [2.24, 2.45) is 0 Å². The number of nitrogens with zero attached hydrogens (tertiary/aromatic N) is 1. The Hall–Kier alpha value is -1.89. The molecule has 0 aliphatic rings. The summed E-state index contributed by atoms with van der Waals surface area (Å²) in [4.78, 5) is 4.11. The Labute approximate surface area is 154 Å². The summed E-state index contributed by atoms with van der Waals surface area (Å²) in [5.74, 6) is -0.931. The van der Waals surface area contributed by atoms with Gasteiger partial charge in [-0.1, -0.05) is 35.3 Å². The Bertz CT molecular complexity index is 998. The van der Waals surface area contributed by atoms with Crippen molar-refractivity contribution in [2.45, 2.75) is 11.5 Å². The van der Waals surface area contributed by atoms with Crippen LogP contribution < -0.4 is 0 Å². The van der Waals surface area contributed by atoms with E-state index in [4.69, 9.17) is 27.6 Å². The number of rotatable bonds is 5. The van der Waals surface area contributed by atoms with Crippen LogP contribution in [0.4, 0.5) is 4.39 Å². The fraction of sp³-hybridized carbons (Fsp3) is 0.118. The monoisotopic (exact) mass is 399 g/mol. The molecule has 0 bridgehead atoms. The average Bonchev–Trinajstić information content (AvgIpc) is 2.99. The van der Waals surface area contributed by atoms with Gasteiger partial charge in [0.05, 0.1) is 17.2 Å². The van der Waals surface area contributed by atoms with Crippen LogP contribution in [0.15, 0.2) is 53.1 Å². The summed E-state index contributed by atoms with van der Waals surface area (Å²) >= 11 is 12.0. The van der Waals surface area contributed by atoms with Crippen molar-refractivity contribution in [3.63, 3.8) is 0 Å². The lowest BCUT2D eigenvalue weighted by Crippen LogP contribution is -2.08. The molecule has 0 amide bonds. The van der Waals surface area contributed by atoms with Gasteiger partial charge in [0.2, 0.25) is 5.89 Å². The summed E-state index contributed by atoms with van der Waals surface area (Å²) in [7, 11) is -3.58. The molecule has 0 N–H and O–H groups in total. The first kappa shape index (κ1) is 17.9. The van der Waals surface area contributed by atoms with Crippen LogP contribution in [0.2, 0.25) is 10.0 Å². The van der Waals surface area contributed by atoms with E-state index >= 15 is 0 Å². The minimum Gasteiger partial charge on any atom is -0.444 e. The molecule has 2 aromatic carbocycles. The molecule has 130 valence electrons. The zero-order valence-corrected chi connectivity index (χ0v) is 15.1. The number of aromatic nitrogens is 1. The highest BCUT2D eigenvalue weighted by Gasteiger charge is 2.20. The topological polar surface area (TPSA) is 60.2 Å². The van der Waals surface area contributed by atoms with Crippen molar-refractivity contribution in [2.75, 3.05) is 0 Å². The van der Waals surface area contributed by atoms with Gasteiger partial charge in [-0.05, 0) is 30.3 Å². The number of hydrogen-bond donors (Lipinski definition) is 0. The van der Waals surface area contributed by atoms with Gasteiger partial charge in [-0.25, -0.2) is 17.8 Å². The van der Waals surface area contributed by atoms with Crippen LogP contribution in [-0.2, 0) is 21.3 Å². The normalized spacial score (nSPS) is 11.6. The molecule has 0 radical (unpaired) electrons. The zero-order chi connectivity index (χ0) is 18.0. The maximum atomic E-state index is 13.3. The quantitative estimate of drug-likeness (QED) is 0.611. The van der Waals surface area contributed by atoms with Gasteiger partial charge < -0.3 is 4.42 Å². The van der Waals surface area contributed by atoms with E-state index in [2.05, 4.69) is 4.98 Å². The molecule has 0 aliphatic heterocycles. The van der Waals surface area contributed by atoms with Gasteiger partial charge in [0.15, 0.2) is 9.84 Å². The lowest BCUT2D eigenvalue weighted by atomic mass is 10.2. The third-order valence-corrected chi connectivity index (χ3v) is 5.59. The number of hydrogen-bond acceptors (Lipinski definition) is 4. The maximum absolute atomic E-state index is 13.3. The van der Waals surface area contributed by atoms with Crippen molar-refractivity contribution in [1.82, 2.24) is 4.98 Å². The van der Waals surface area contributed by atoms with Crippen LogP contribution >= 0.6 is 23.2 Å². The second kappa shape index (κ2) is 7.15. The first-order valence-electron chi connectivity index (χ1n) is 7.18. The molecule has 0 spiro atoms. The van der Waals surface area contributed by atoms with Gasteiger partial charge in [-0.3, -0.25) is 0 Å². The van der Waals surface area contributed by atoms with E-state index < -0.39 is 15.7 Å². The average molecular weight is 400 g/mol. The largest absolute Gasteiger partial charge is 0.444 e. The molecule has 0 unspecified atom stereocenters. The molecular weight excluding hydrogens is 388 g/mol. The Morgan fingerprint density at radius 1 is 1.04 bits per heavy atom. The number of benzene rings is 2. The Morgan fingerprint density at radius 3 is 2.40 bits per heavy atom. The Balaban J connectivity index is 1.80. The lowest BCUT2D eigenvalue weighted by Gasteiger charge is -2.07. The fourth-order valence-electron chi connectivity index (χ4n) is 2.29. The highest BCUT2D eigenvalue weighted by molar-refractivity contribution is 7.89. The minimum absolute atomic E-state index is 0.153. The van der Waals surface area contributed by atoms with Crippen molar-refractivity contribution in [3.05, 3.63) is 75.8 Å². The van der Waals surface area contributed by atoms with E-state index in [0.29, 0.717) is 11.1 Å². The van der Waals surface area contributed by atoms with E-state index in [-0.39, 0.29) is 33.1 Å². The molecule has 0 fully saturated rings. The molecule has 25 heavy (non-hydrogen) atoms. The summed E-state index contributed by atoms with van der Waals surface area (Å²) in [6.07, 6.45) is 1.24. The molecule has 1 aromatic heterocycles. The third-order valence-electron chi connectivity index (χ3n) is 3.42. The number of halogens is 3. The molecule has 1 heterocycles. The van der Waals surface area contributed by atoms with Gasteiger partial charge in [-0.15, -0.1) is 0 Å². The van der Waals surface area contributed by atoms with Crippen molar-refractivity contribution in [3.8, 4) is 11.5 Å². The molecule has 0 aliphatic carbocycles. The van der Waals surface area contributed by atoms with Crippen LogP contribution in [0.25, 0.3) is 11.5 Å². The standard InChI is InChI=1S/C17H12Cl2FNO3S/c18-15-5-2-6-16(19)14(15)10-25(22,23)9-13-8-24-17(21-13)11-3-1-4-12(20)7-11/h1-8H,9-10H2. The second-order valence-electron chi connectivity index (χ2n) is 5.39. The lowest BCUT2D eigenvalue weighted by molar-refractivity contribution is 0.570. The predicted octanol–water partition coefficient (Wildman–Crippen LogP) is 4.90. The molecule has 0 saturated carbocycles. The van der Waals surface area contributed by atoms with E-state index in [1.807, 2.05) is 0 Å². The molecule has 0 atom stereocenters. The van der Waals surface area contributed by atoms with E-state index in [1.54, 1.807) is 24.3 Å². The van der Waals surface area contributed by atoms with Gasteiger partial charge in [0, 0.05) is 21.2 Å². The summed E-state index contributed by atoms with van der Waals surface area (Å²) in [5, 5.41) is 0.577. The molecule has 3 rings (SSSR count). The Kier molecular flexibility index (Phi) is 5.13. The molecule has 8 heteroatoms. The van der Waals surface area contributed by atoms with Crippen LogP contribution in [0, 0.1) is 5.82 Å². The van der Waals surface area contributed by atoms with Gasteiger partial charge in [0.1, 0.15) is 12.1 Å². The van der Waals surface area contributed by atoms with Crippen LogP contribution in [0.5, 0.6) is 0 Å². The van der Waals surface area contributed by atoms with E-state index in [0.717, 1.165) is 0 Å². The van der Waals surface area contributed by atoms with E-state index in [9.17, 15) is 12.8 Å². The zero-order valence-electron chi connectivity index (χ0n) is 12.7. The fourth-order valence-corrected chi connectivity index (χ4v) is 4.42. The smallest absolute Gasteiger partial charge is 0.226 e. The third kappa shape index (κ3) is 4.39. The molecule has 3 aromatic rings. The SMILES string of the molecule is O=S(=O)(Cc1coc(-c2cccc(F)c2)n1)Cc1c(Cl)cccc1Cl.